The van der Waals surface area contributed by atoms with Crippen LogP contribution in [0.5, 0.6) is 0 Å². The van der Waals surface area contributed by atoms with Gasteiger partial charge in [0.25, 0.3) is 0 Å². The van der Waals surface area contributed by atoms with E-state index in [1.165, 1.54) is 30.6 Å². The molecular formula is C23H25F3N4O2. The van der Waals surface area contributed by atoms with Crippen LogP contribution in [0, 0.1) is 6.92 Å². The zero-order valence-electron chi connectivity index (χ0n) is 17.7. The van der Waals surface area contributed by atoms with E-state index in [0.29, 0.717) is 0 Å². The average molecular weight is 446 g/mol. The number of aryl methyl sites for hydroxylation is 1. The van der Waals surface area contributed by atoms with Gasteiger partial charge in [-0.05, 0) is 43.6 Å². The van der Waals surface area contributed by atoms with E-state index in [4.69, 9.17) is 19.9 Å². The van der Waals surface area contributed by atoms with Crippen LogP contribution in [-0.2, 0) is 11.2 Å². The summed E-state index contributed by atoms with van der Waals surface area (Å²) in [5.41, 5.74) is 5.42. The molecule has 3 aromatic rings. The minimum atomic E-state index is -5.08. The summed E-state index contributed by atoms with van der Waals surface area (Å²) in [6, 6.07) is 16.7. The monoisotopic (exact) mass is 446 g/mol. The van der Waals surface area contributed by atoms with Gasteiger partial charge in [-0.1, -0.05) is 42.5 Å². The van der Waals surface area contributed by atoms with E-state index in [-0.39, 0.29) is 0 Å². The number of alkyl halides is 3. The largest absolute Gasteiger partial charge is 0.490 e. The molecule has 0 saturated carbocycles. The van der Waals surface area contributed by atoms with E-state index < -0.39 is 12.1 Å². The average Bonchev–Trinajstić information content (AvgIpc) is 2.71. The molecule has 1 aromatic heterocycles. The fourth-order valence-corrected chi connectivity index (χ4v) is 3.24. The molecule has 0 amide bonds. The number of carboxylic acids is 1. The second-order valence-electron chi connectivity index (χ2n) is 7.55. The molecule has 2 N–H and O–H groups in total. The molecule has 170 valence electrons. The summed E-state index contributed by atoms with van der Waals surface area (Å²) < 4.78 is 31.7. The summed E-state index contributed by atoms with van der Waals surface area (Å²) in [6.07, 6.45) is -2.96. The van der Waals surface area contributed by atoms with Gasteiger partial charge >= 0.3 is 12.1 Å². The highest BCUT2D eigenvalue weighted by Crippen LogP contribution is 2.22. The summed E-state index contributed by atoms with van der Waals surface area (Å²) in [6.45, 7) is 6.52. The van der Waals surface area contributed by atoms with Crippen LogP contribution in [0.3, 0.4) is 0 Å². The number of carbonyl (C=O) groups is 1. The van der Waals surface area contributed by atoms with Gasteiger partial charge in [-0.25, -0.2) is 14.8 Å². The Morgan fingerprint density at radius 3 is 2.38 bits per heavy atom. The summed E-state index contributed by atoms with van der Waals surface area (Å²) in [5.74, 6) is -1.84. The number of para-hydroxylation sites is 1. The van der Waals surface area contributed by atoms with Crippen LogP contribution in [0.1, 0.15) is 23.2 Å². The Balaban J connectivity index is 0.000000360. The second-order valence-corrected chi connectivity index (χ2v) is 7.55. The first-order valence-electron chi connectivity index (χ1n) is 10.3. The fourth-order valence-electron chi connectivity index (χ4n) is 3.24. The number of aliphatic carboxylic acids is 1. The van der Waals surface area contributed by atoms with Crippen molar-refractivity contribution in [2.45, 2.75) is 25.9 Å². The van der Waals surface area contributed by atoms with Crippen LogP contribution in [0.25, 0.3) is 11.0 Å². The van der Waals surface area contributed by atoms with Gasteiger partial charge in [0, 0.05) is 19.5 Å². The zero-order valence-corrected chi connectivity index (χ0v) is 17.7. The number of carboxylic acid groups (broad SMARTS) is 1. The summed E-state index contributed by atoms with van der Waals surface area (Å²) >= 11 is 0. The Labute approximate surface area is 184 Å². The van der Waals surface area contributed by atoms with Crippen molar-refractivity contribution in [2.75, 3.05) is 31.5 Å². The number of likely N-dealkylation sites (tertiary alicyclic amines) is 1. The van der Waals surface area contributed by atoms with Gasteiger partial charge < -0.3 is 15.3 Å². The topological polar surface area (TPSA) is 78.4 Å². The summed E-state index contributed by atoms with van der Waals surface area (Å²) in [7, 11) is 0. The van der Waals surface area contributed by atoms with Crippen LogP contribution in [-0.4, -0.2) is 58.3 Å². The lowest BCUT2D eigenvalue weighted by atomic mass is 10.1. The number of anilines is 1. The third-order valence-corrected chi connectivity index (χ3v) is 5.09. The lowest BCUT2D eigenvalue weighted by molar-refractivity contribution is -0.192. The molecule has 0 spiro atoms. The molecule has 0 unspecified atom stereocenters. The number of fused-ring (bicyclic) bond motifs is 1. The molecule has 4 rings (SSSR count). The van der Waals surface area contributed by atoms with Gasteiger partial charge in [0.05, 0.1) is 16.7 Å². The third-order valence-electron chi connectivity index (χ3n) is 5.09. The molecule has 0 bridgehead atoms. The first kappa shape index (κ1) is 23.5. The van der Waals surface area contributed by atoms with Crippen molar-refractivity contribution in [1.82, 2.24) is 14.9 Å². The summed E-state index contributed by atoms with van der Waals surface area (Å²) in [5, 5.41) is 10.7. The number of halogens is 3. The number of hydrogen-bond donors (Lipinski definition) is 2. The van der Waals surface area contributed by atoms with Gasteiger partial charge in [0.2, 0.25) is 0 Å². The number of hydrogen-bond acceptors (Lipinski definition) is 5. The van der Waals surface area contributed by atoms with Crippen molar-refractivity contribution >= 4 is 22.8 Å². The van der Waals surface area contributed by atoms with Gasteiger partial charge in [-0.2, -0.15) is 13.2 Å². The molecule has 0 radical (unpaired) electrons. The Bertz CT molecular complexity index is 1050. The molecule has 32 heavy (non-hydrogen) atoms. The van der Waals surface area contributed by atoms with Crippen molar-refractivity contribution in [1.29, 1.82) is 0 Å². The maximum absolute atomic E-state index is 10.6. The molecule has 1 saturated heterocycles. The van der Waals surface area contributed by atoms with Gasteiger partial charge in [0.1, 0.15) is 5.82 Å². The number of rotatable bonds is 6. The predicted molar refractivity (Wildman–Crippen MR) is 117 cm³/mol. The highest BCUT2D eigenvalue weighted by Gasteiger charge is 2.38. The molecule has 6 nitrogen and oxygen atoms in total. The fraction of sp³-hybridized carbons (Fsp3) is 0.348. The molecule has 2 heterocycles. The number of aromatic nitrogens is 2. The van der Waals surface area contributed by atoms with Gasteiger partial charge in [-0.3, -0.25) is 0 Å². The zero-order chi connectivity index (χ0) is 23.1. The van der Waals surface area contributed by atoms with Crippen LogP contribution in [0.4, 0.5) is 19.0 Å². The van der Waals surface area contributed by atoms with E-state index in [9.17, 15) is 13.2 Å². The quantitative estimate of drug-likeness (QED) is 0.589. The maximum atomic E-state index is 10.6. The van der Waals surface area contributed by atoms with Crippen LogP contribution in [0.15, 0.2) is 48.5 Å². The smallest absolute Gasteiger partial charge is 0.475 e. The molecule has 1 fully saturated rings. The molecule has 0 aliphatic carbocycles. The van der Waals surface area contributed by atoms with Crippen molar-refractivity contribution < 1.29 is 23.1 Å². The Kier molecular flexibility index (Phi) is 7.63. The van der Waals surface area contributed by atoms with Crippen molar-refractivity contribution in [2.24, 2.45) is 0 Å². The minimum absolute atomic E-state index is 0.796. The Hall–Kier alpha value is -3.20. The molecular weight excluding hydrogens is 421 g/mol. The number of benzene rings is 2. The second kappa shape index (κ2) is 10.4. The molecule has 9 heteroatoms. The van der Waals surface area contributed by atoms with Crippen LogP contribution < -0.4 is 5.32 Å². The number of nitrogens with zero attached hydrogens (tertiary/aromatic N) is 3. The highest BCUT2D eigenvalue weighted by molar-refractivity contribution is 5.79. The lowest BCUT2D eigenvalue weighted by Crippen LogP contribution is -2.40. The first-order valence-corrected chi connectivity index (χ1v) is 10.3. The molecule has 2 aromatic carbocycles. The lowest BCUT2D eigenvalue weighted by Gasteiger charge is -2.30. The normalized spacial score (nSPS) is 13.8. The van der Waals surface area contributed by atoms with E-state index >= 15 is 0 Å². The minimum Gasteiger partial charge on any atom is -0.475 e. The predicted octanol–water partition coefficient (Wildman–Crippen LogP) is 4.28. The Morgan fingerprint density at radius 1 is 1.09 bits per heavy atom. The highest BCUT2D eigenvalue weighted by atomic mass is 19.4. The van der Waals surface area contributed by atoms with Crippen LogP contribution in [0.2, 0.25) is 0 Å². The third kappa shape index (κ3) is 6.40. The van der Waals surface area contributed by atoms with E-state index in [2.05, 4.69) is 47.5 Å². The SMILES string of the molecule is Cc1cccc2nc(NCCN3CCC3)c(Cc3ccccc3)nc12.O=C(O)C(F)(F)F. The summed E-state index contributed by atoms with van der Waals surface area (Å²) in [4.78, 5) is 21.2. The van der Waals surface area contributed by atoms with Crippen molar-refractivity contribution in [3.63, 3.8) is 0 Å². The standard InChI is InChI=1S/C21H24N4.C2HF3O2/c1-16-7-5-10-18-20(16)23-19(15-17-8-3-2-4-9-17)21(24-18)22-11-14-25-12-6-13-25;3-2(4,5)1(6)7/h2-5,7-10H,6,11-15H2,1H3,(H,22,24);(H,6,7). The van der Waals surface area contributed by atoms with Crippen molar-refractivity contribution in [3.8, 4) is 0 Å². The number of nitrogens with one attached hydrogen (secondary N) is 1. The molecule has 1 aliphatic rings. The first-order chi connectivity index (χ1) is 15.2. The van der Waals surface area contributed by atoms with E-state index in [1.807, 2.05) is 18.2 Å². The van der Waals surface area contributed by atoms with Gasteiger partial charge in [0.15, 0.2) is 0 Å². The van der Waals surface area contributed by atoms with Crippen LogP contribution >= 0.6 is 0 Å². The van der Waals surface area contributed by atoms with Crippen molar-refractivity contribution in [3.05, 3.63) is 65.4 Å². The van der Waals surface area contributed by atoms with E-state index in [1.54, 1.807) is 0 Å². The Morgan fingerprint density at radius 2 is 1.78 bits per heavy atom. The maximum Gasteiger partial charge on any atom is 0.490 e. The molecule has 0 atom stereocenters. The van der Waals surface area contributed by atoms with E-state index in [0.717, 1.165) is 42.1 Å². The molecule has 1 aliphatic heterocycles. The van der Waals surface area contributed by atoms with Gasteiger partial charge in [-0.15, -0.1) is 0 Å².